The molecule has 0 aromatic heterocycles. The van der Waals surface area contributed by atoms with Crippen molar-refractivity contribution in [3.63, 3.8) is 0 Å². The maximum Gasteiger partial charge on any atom is 0.0133 e. The summed E-state index contributed by atoms with van der Waals surface area (Å²) in [6, 6.07) is 0. The molecule has 1 fully saturated rings. The van der Waals surface area contributed by atoms with Gasteiger partial charge in [0.2, 0.25) is 0 Å². The van der Waals surface area contributed by atoms with Crippen LogP contribution < -0.4 is 5.32 Å². The summed E-state index contributed by atoms with van der Waals surface area (Å²) in [5, 5.41) is 3.31. The van der Waals surface area contributed by atoms with Gasteiger partial charge in [0, 0.05) is 12.6 Å². The van der Waals surface area contributed by atoms with E-state index in [1.165, 1.54) is 35.6 Å². The van der Waals surface area contributed by atoms with Crippen LogP contribution in [0.4, 0.5) is 0 Å². The summed E-state index contributed by atoms with van der Waals surface area (Å²) in [5.41, 5.74) is 0. The Labute approximate surface area is 41.8 Å². The molecular weight excluding hydrogens is 112 g/mol. The summed E-state index contributed by atoms with van der Waals surface area (Å²) in [5.74, 6) is 1.49. The largest absolute Gasteiger partial charge is 0.309 e. The Balaban J connectivity index is 2.00. The van der Waals surface area contributed by atoms with Crippen LogP contribution in [0.3, 0.4) is 0 Å². The fourth-order valence-electron chi connectivity index (χ4n) is 0.453. The molecular formula is C3H9NP2. The van der Waals surface area contributed by atoms with Gasteiger partial charge in [0.25, 0.3) is 0 Å². The number of hydrogen-bond acceptors (Lipinski definition) is 1. The summed E-state index contributed by atoms with van der Waals surface area (Å²) in [6.07, 6.45) is 2.57. The summed E-state index contributed by atoms with van der Waals surface area (Å²) in [7, 11) is 2.41. The number of rotatable bonds is 0. The first kappa shape index (κ1) is 4.97. The minimum Gasteiger partial charge on any atom is -0.309 e. The maximum absolute atomic E-state index is 3.31. The van der Waals surface area contributed by atoms with Gasteiger partial charge in [-0.05, 0) is 5.90 Å². The maximum atomic E-state index is 3.31. The molecule has 0 aromatic carbocycles. The predicted molar refractivity (Wildman–Crippen MR) is 34.4 cm³/mol. The molecule has 1 saturated heterocycles. The molecule has 3 heteroatoms. The molecule has 1 nitrogen and oxygen atoms in total. The Bertz CT molecular complexity index is 24.3. The van der Waals surface area contributed by atoms with Crippen molar-refractivity contribution in [2.75, 3.05) is 18.5 Å². The van der Waals surface area contributed by atoms with Crippen LogP contribution in [0.25, 0.3) is 0 Å². The topological polar surface area (TPSA) is 12.0 Å². The minimum absolute atomic E-state index is 1.20. The van der Waals surface area contributed by atoms with Crippen LogP contribution in [0.1, 0.15) is 0 Å². The zero-order valence-corrected chi connectivity index (χ0v) is 5.62. The van der Waals surface area contributed by atoms with Crippen LogP contribution in [0, 0.1) is 0 Å². The molecule has 0 spiro atoms. The van der Waals surface area contributed by atoms with Crippen LogP contribution in [0.2, 0.25) is 0 Å². The normalized spacial score (nSPS) is 32.0. The summed E-state index contributed by atoms with van der Waals surface area (Å²) >= 11 is 0. The van der Waals surface area contributed by atoms with E-state index in [2.05, 4.69) is 5.32 Å². The van der Waals surface area contributed by atoms with Gasteiger partial charge in [-0.3, -0.25) is 0 Å². The van der Waals surface area contributed by atoms with E-state index >= 15 is 0 Å². The van der Waals surface area contributed by atoms with Crippen LogP contribution in [-0.4, -0.2) is 18.5 Å². The Kier molecular flexibility index (Phi) is 2.41. The van der Waals surface area contributed by atoms with Gasteiger partial charge in [-0.2, -0.15) is 0 Å². The first-order chi connectivity index (χ1) is 3.00. The highest BCUT2D eigenvalue weighted by atomic mass is 31.1. The van der Waals surface area contributed by atoms with Gasteiger partial charge in [-0.25, -0.2) is 0 Å². The highest BCUT2D eigenvalue weighted by Gasteiger charge is 1.92. The molecule has 0 aromatic rings. The van der Waals surface area contributed by atoms with Gasteiger partial charge >= 0.3 is 0 Å². The van der Waals surface area contributed by atoms with Crippen molar-refractivity contribution in [3.05, 3.63) is 0 Å². The second-order valence-electron chi connectivity index (χ2n) is 1.28. The van der Waals surface area contributed by atoms with Gasteiger partial charge in [-0.1, -0.05) is 0 Å². The monoisotopic (exact) mass is 121 g/mol. The highest BCUT2D eigenvalue weighted by molar-refractivity contribution is 7.56. The van der Waals surface area contributed by atoms with E-state index in [0.717, 1.165) is 0 Å². The second-order valence-corrected chi connectivity index (χ2v) is 4.40. The molecule has 1 aliphatic heterocycles. The average Bonchev–Trinajstić information content (AvgIpc) is 1.72. The Hall–Kier alpha value is 0.820. The molecule has 1 N–H and O–H groups in total. The van der Waals surface area contributed by atoms with Crippen LogP contribution >= 0.6 is 17.2 Å². The molecule has 6 heavy (non-hydrogen) atoms. The van der Waals surface area contributed by atoms with Gasteiger partial charge < -0.3 is 5.32 Å². The molecule has 0 saturated carbocycles. The number of hydrogen-bond donors (Lipinski definition) is 1. The van der Waals surface area contributed by atoms with Crippen molar-refractivity contribution < 1.29 is 0 Å². The smallest absolute Gasteiger partial charge is 0.0133 e. The molecule has 0 radical (unpaired) electrons. The first-order valence-electron chi connectivity index (χ1n) is 2.12. The molecule has 1 aliphatic rings. The van der Waals surface area contributed by atoms with E-state index in [1.807, 2.05) is 0 Å². The predicted octanol–water partition coefficient (Wildman–Crippen LogP) is 0.819. The van der Waals surface area contributed by atoms with E-state index < -0.39 is 0 Å². The molecule has 1 heterocycles. The zero-order valence-electron chi connectivity index (χ0n) is 3.62. The zero-order chi connectivity index (χ0) is 4.24. The molecule has 2 unspecified atom stereocenters. The van der Waals surface area contributed by atoms with Crippen LogP contribution in [0.5, 0.6) is 0 Å². The molecule has 2 atom stereocenters. The first-order valence-corrected chi connectivity index (χ1v) is 4.95. The highest BCUT2D eigenvalue weighted by Crippen LogP contribution is 2.25. The van der Waals surface area contributed by atoms with E-state index in [1.54, 1.807) is 0 Å². The molecule has 1 rings (SSSR count). The van der Waals surface area contributed by atoms with Crippen molar-refractivity contribution in [2.24, 2.45) is 0 Å². The molecule has 0 amide bonds. The SMILES string of the molecule is C1NCPCP1. The van der Waals surface area contributed by atoms with Crippen molar-refractivity contribution in [3.8, 4) is 0 Å². The van der Waals surface area contributed by atoms with Gasteiger partial charge in [-0.15, -0.1) is 17.2 Å². The fourth-order valence-corrected chi connectivity index (χ4v) is 3.01. The van der Waals surface area contributed by atoms with Crippen LogP contribution in [0.15, 0.2) is 0 Å². The standard InChI is InChI=1S/C3H9NP2/c1-4-2-6-3-5-1/h4-6H,1-3H2. The molecule has 36 valence electrons. The minimum atomic E-state index is 1.20. The fraction of sp³-hybridized carbons (Fsp3) is 1.00. The molecule has 0 aliphatic carbocycles. The van der Waals surface area contributed by atoms with Gasteiger partial charge in [0.1, 0.15) is 0 Å². The van der Waals surface area contributed by atoms with Crippen molar-refractivity contribution in [1.82, 2.24) is 5.32 Å². The summed E-state index contributed by atoms with van der Waals surface area (Å²) < 4.78 is 0. The Morgan fingerprint density at radius 2 is 1.83 bits per heavy atom. The van der Waals surface area contributed by atoms with E-state index in [4.69, 9.17) is 0 Å². The lowest BCUT2D eigenvalue weighted by atomic mass is 11.2. The third-order valence-electron chi connectivity index (χ3n) is 0.750. The summed E-state index contributed by atoms with van der Waals surface area (Å²) in [6.45, 7) is 0. The quantitative estimate of drug-likeness (QED) is 0.468. The number of nitrogens with one attached hydrogen (secondary N) is 1. The van der Waals surface area contributed by atoms with E-state index in [0.29, 0.717) is 0 Å². The summed E-state index contributed by atoms with van der Waals surface area (Å²) in [4.78, 5) is 0. The van der Waals surface area contributed by atoms with E-state index in [9.17, 15) is 0 Å². The van der Waals surface area contributed by atoms with Crippen molar-refractivity contribution in [2.45, 2.75) is 0 Å². The van der Waals surface area contributed by atoms with E-state index in [-0.39, 0.29) is 0 Å². The Morgan fingerprint density at radius 1 is 1.17 bits per heavy atom. The van der Waals surface area contributed by atoms with Gasteiger partial charge in [0.05, 0.1) is 0 Å². The third kappa shape index (κ3) is 1.51. The van der Waals surface area contributed by atoms with Crippen LogP contribution in [-0.2, 0) is 0 Å². The van der Waals surface area contributed by atoms with Crippen molar-refractivity contribution >= 4 is 17.2 Å². The lowest BCUT2D eigenvalue weighted by molar-refractivity contribution is 0.935. The van der Waals surface area contributed by atoms with Crippen molar-refractivity contribution in [1.29, 1.82) is 0 Å². The van der Waals surface area contributed by atoms with Gasteiger partial charge in [0.15, 0.2) is 0 Å². The lowest BCUT2D eigenvalue weighted by Gasteiger charge is -2.09. The third-order valence-corrected chi connectivity index (χ3v) is 3.75. The lowest BCUT2D eigenvalue weighted by Crippen LogP contribution is -2.13. The second kappa shape index (κ2) is 2.91. The Morgan fingerprint density at radius 3 is 2.00 bits per heavy atom. The average molecular weight is 121 g/mol. The molecule has 0 bridgehead atoms.